The molecule has 0 unspecified atom stereocenters. The van der Waals surface area contributed by atoms with Gasteiger partial charge in [-0.3, -0.25) is 0 Å². The zero-order chi connectivity index (χ0) is 24.8. The number of hydrogen-bond donors (Lipinski definition) is 1. The van der Waals surface area contributed by atoms with Crippen molar-refractivity contribution < 1.29 is 9.53 Å². The quantitative estimate of drug-likeness (QED) is 0.553. The van der Waals surface area contributed by atoms with Crippen molar-refractivity contribution in [3.8, 4) is 11.4 Å². The van der Waals surface area contributed by atoms with Gasteiger partial charge in [0.05, 0.1) is 12.3 Å². The van der Waals surface area contributed by atoms with E-state index in [0.717, 1.165) is 29.1 Å². The normalized spacial score (nSPS) is 13.7. The standard InChI is InChI=1S/C28H35N5O2/c1-5-29-28(34)33-15-13-32(14-16-33)27-24(18-23-17-20(2)11-12-21(23)3)25(19-35-4)30-26(31-27)22-9-7-6-8-10-22/h6-12,17H,5,13-16,18-19H2,1-4H3,(H,29,34). The van der Waals surface area contributed by atoms with Crippen LogP contribution >= 0.6 is 0 Å². The van der Waals surface area contributed by atoms with Crippen molar-refractivity contribution in [2.24, 2.45) is 0 Å². The number of aromatic nitrogens is 2. The molecule has 184 valence electrons. The second-order valence-electron chi connectivity index (χ2n) is 9.01. The van der Waals surface area contributed by atoms with Crippen LogP contribution in [0.2, 0.25) is 0 Å². The van der Waals surface area contributed by atoms with Crippen LogP contribution in [0.15, 0.2) is 48.5 Å². The van der Waals surface area contributed by atoms with Crippen LogP contribution in [-0.2, 0) is 17.8 Å². The highest BCUT2D eigenvalue weighted by molar-refractivity contribution is 5.74. The molecule has 0 saturated carbocycles. The number of anilines is 1. The molecular weight excluding hydrogens is 438 g/mol. The van der Waals surface area contributed by atoms with Gasteiger partial charge >= 0.3 is 6.03 Å². The molecule has 4 rings (SSSR count). The number of benzene rings is 2. The van der Waals surface area contributed by atoms with Crippen LogP contribution in [0.25, 0.3) is 11.4 Å². The molecule has 35 heavy (non-hydrogen) atoms. The summed E-state index contributed by atoms with van der Waals surface area (Å²) in [7, 11) is 1.71. The fourth-order valence-corrected chi connectivity index (χ4v) is 4.50. The lowest BCUT2D eigenvalue weighted by Gasteiger charge is -2.36. The van der Waals surface area contributed by atoms with Crippen LogP contribution in [0.1, 0.15) is 34.9 Å². The number of aryl methyl sites for hydroxylation is 2. The van der Waals surface area contributed by atoms with Crippen molar-refractivity contribution in [1.82, 2.24) is 20.2 Å². The molecule has 2 aromatic carbocycles. The van der Waals surface area contributed by atoms with E-state index >= 15 is 0 Å². The number of hydrogen-bond acceptors (Lipinski definition) is 5. The Bertz CT molecular complexity index is 1160. The van der Waals surface area contributed by atoms with Gasteiger partial charge in [-0.05, 0) is 31.9 Å². The molecule has 0 atom stereocenters. The van der Waals surface area contributed by atoms with Gasteiger partial charge in [-0.2, -0.15) is 0 Å². The minimum Gasteiger partial charge on any atom is -0.378 e. The van der Waals surface area contributed by atoms with Crippen molar-refractivity contribution >= 4 is 11.8 Å². The second kappa shape index (κ2) is 11.3. The zero-order valence-corrected chi connectivity index (χ0v) is 21.2. The number of piperazine rings is 1. The Hall–Kier alpha value is -3.45. The van der Waals surface area contributed by atoms with E-state index in [9.17, 15) is 4.79 Å². The van der Waals surface area contributed by atoms with Gasteiger partial charge in [0.25, 0.3) is 0 Å². The molecule has 2 amide bonds. The lowest BCUT2D eigenvalue weighted by molar-refractivity contribution is 0.180. The van der Waals surface area contributed by atoms with Crippen LogP contribution in [-0.4, -0.2) is 60.7 Å². The average Bonchev–Trinajstić information content (AvgIpc) is 2.88. The molecule has 1 aliphatic heterocycles. The molecule has 1 aliphatic rings. The summed E-state index contributed by atoms with van der Waals surface area (Å²) in [6, 6.07) is 16.6. The third kappa shape index (κ3) is 5.80. The Kier molecular flexibility index (Phi) is 7.98. The molecular formula is C28H35N5O2. The number of carbonyl (C=O) groups excluding carboxylic acids is 1. The number of ether oxygens (including phenoxy) is 1. The van der Waals surface area contributed by atoms with Gasteiger partial charge in [0.15, 0.2) is 5.82 Å². The van der Waals surface area contributed by atoms with Crippen LogP contribution in [0.3, 0.4) is 0 Å². The summed E-state index contributed by atoms with van der Waals surface area (Å²) < 4.78 is 5.60. The van der Waals surface area contributed by atoms with E-state index < -0.39 is 0 Å². The number of carbonyl (C=O) groups is 1. The monoisotopic (exact) mass is 473 g/mol. The van der Waals surface area contributed by atoms with E-state index in [0.29, 0.717) is 45.2 Å². The Morgan fingerprint density at radius 1 is 1.03 bits per heavy atom. The smallest absolute Gasteiger partial charge is 0.317 e. The molecule has 1 saturated heterocycles. The van der Waals surface area contributed by atoms with E-state index in [1.807, 2.05) is 42.2 Å². The highest BCUT2D eigenvalue weighted by Crippen LogP contribution is 2.30. The number of urea groups is 1. The summed E-state index contributed by atoms with van der Waals surface area (Å²) >= 11 is 0. The third-order valence-electron chi connectivity index (χ3n) is 6.45. The summed E-state index contributed by atoms with van der Waals surface area (Å²) in [5.41, 5.74) is 6.72. The van der Waals surface area contributed by atoms with Crippen molar-refractivity contribution in [3.05, 3.63) is 76.5 Å². The second-order valence-corrected chi connectivity index (χ2v) is 9.01. The van der Waals surface area contributed by atoms with Gasteiger partial charge in [0.1, 0.15) is 5.82 Å². The average molecular weight is 474 g/mol. The highest BCUT2D eigenvalue weighted by atomic mass is 16.5. The summed E-state index contributed by atoms with van der Waals surface area (Å²) in [5, 5.41) is 2.91. The minimum atomic E-state index is -0.00417. The summed E-state index contributed by atoms with van der Waals surface area (Å²) in [6.45, 7) is 9.99. The Morgan fingerprint density at radius 2 is 1.77 bits per heavy atom. The third-order valence-corrected chi connectivity index (χ3v) is 6.45. The van der Waals surface area contributed by atoms with Crippen LogP contribution in [0.5, 0.6) is 0 Å². The highest BCUT2D eigenvalue weighted by Gasteiger charge is 2.26. The first kappa shape index (κ1) is 24.7. The molecule has 0 bridgehead atoms. The van der Waals surface area contributed by atoms with Crippen molar-refractivity contribution in [3.63, 3.8) is 0 Å². The first-order valence-electron chi connectivity index (χ1n) is 12.3. The SMILES string of the molecule is CCNC(=O)N1CCN(c2nc(-c3ccccc3)nc(COC)c2Cc2cc(C)ccc2C)CC1. The molecule has 1 fully saturated rings. The van der Waals surface area contributed by atoms with Crippen molar-refractivity contribution in [2.45, 2.75) is 33.8 Å². The fourth-order valence-electron chi connectivity index (χ4n) is 4.50. The van der Waals surface area contributed by atoms with E-state index in [-0.39, 0.29) is 6.03 Å². The number of rotatable bonds is 7. The molecule has 1 aromatic heterocycles. The maximum Gasteiger partial charge on any atom is 0.317 e. The van der Waals surface area contributed by atoms with Gasteiger partial charge in [-0.15, -0.1) is 0 Å². The zero-order valence-electron chi connectivity index (χ0n) is 21.2. The predicted octanol–water partition coefficient (Wildman–Crippen LogP) is 4.35. The number of amides is 2. The predicted molar refractivity (Wildman–Crippen MR) is 140 cm³/mol. The Morgan fingerprint density at radius 3 is 2.46 bits per heavy atom. The van der Waals surface area contributed by atoms with Crippen LogP contribution in [0.4, 0.5) is 10.6 Å². The molecule has 3 aromatic rings. The first-order chi connectivity index (χ1) is 17.0. The Balaban J connectivity index is 1.76. The molecule has 7 nitrogen and oxygen atoms in total. The number of nitrogens with zero attached hydrogens (tertiary/aromatic N) is 4. The summed E-state index contributed by atoms with van der Waals surface area (Å²) in [6.07, 6.45) is 0.729. The Labute approximate surface area is 208 Å². The number of methoxy groups -OCH3 is 1. The molecule has 0 radical (unpaired) electrons. The van der Waals surface area contributed by atoms with Gasteiger partial charge < -0.3 is 19.9 Å². The van der Waals surface area contributed by atoms with E-state index in [1.54, 1.807) is 7.11 Å². The lowest BCUT2D eigenvalue weighted by atomic mass is 9.97. The molecule has 0 spiro atoms. The molecule has 1 N–H and O–H groups in total. The van der Waals surface area contributed by atoms with Gasteiger partial charge in [0.2, 0.25) is 0 Å². The van der Waals surface area contributed by atoms with E-state index in [4.69, 9.17) is 14.7 Å². The van der Waals surface area contributed by atoms with Crippen molar-refractivity contribution in [1.29, 1.82) is 0 Å². The largest absolute Gasteiger partial charge is 0.378 e. The minimum absolute atomic E-state index is 0.00417. The van der Waals surface area contributed by atoms with Gasteiger partial charge in [0, 0.05) is 57.4 Å². The van der Waals surface area contributed by atoms with Crippen LogP contribution in [0, 0.1) is 13.8 Å². The lowest BCUT2D eigenvalue weighted by Crippen LogP contribution is -2.52. The van der Waals surface area contributed by atoms with E-state index in [2.05, 4.69) is 42.3 Å². The fraction of sp³-hybridized carbons (Fsp3) is 0.393. The first-order valence-corrected chi connectivity index (χ1v) is 12.3. The topological polar surface area (TPSA) is 70.6 Å². The van der Waals surface area contributed by atoms with Gasteiger partial charge in [-0.1, -0.05) is 54.1 Å². The summed E-state index contributed by atoms with van der Waals surface area (Å²) in [5.74, 6) is 1.63. The van der Waals surface area contributed by atoms with Crippen LogP contribution < -0.4 is 10.2 Å². The van der Waals surface area contributed by atoms with E-state index in [1.165, 1.54) is 16.7 Å². The maximum atomic E-state index is 12.4. The van der Waals surface area contributed by atoms with Gasteiger partial charge in [-0.25, -0.2) is 14.8 Å². The number of nitrogens with one attached hydrogen (secondary N) is 1. The molecule has 7 heteroatoms. The molecule has 2 heterocycles. The maximum absolute atomic E-state index is 12.4. The summed E-state index contributed by atoms with van der Waals surface area (Å²) in [4.78, 5) is 26.6. The molecule has 0 aliphatic carbocycles. The van der Waals surface area contributed by atoms with Crippen molar-refractivity contribution in [2.75, 3.05) is 44.7 Å².